The number of nitrogens with zero attached hydrogens (tertiary/aromatic N) is 1. The van der Waals surface area contributed by atoms with Gasteiger partial charge in [0.2, 0.25) is 17.3 Å². The monoisotopic (exact) mass is 300 g/mol. The van der Waals surface area contributed by atoms with Crippen molar-refractivity contribution in [1.82, 2.24) is 10.6 Å². The van der Waals surface area contributed by atoms with Gasteiger partial charge in [-0.25, -0.2) is 0 Å². The Morgan fingerprint density at radius 3 is 2.77 bits per heavy atom. The minimum Gasteiger partial charge on any atom is -0.344 e. The summed E-state index contributed by atoms with van der Waals surface area (Å²) in [6.45, 7) is 10.9. The lowest BCUT2D eigenvalue weighted by Crippen LogP contribution is -2.40. The molecule has 0 aromatic rings. The highest BCUT2D eigenvalue weighted by atomic mass is 16.1. The quantitative estimate of drug-likeness (QED) is 0.784. The number of fused-ring (bicyclic) bond motifs is 1. The van der Waals surface area contributed by atoms with E-state index in [1.165, 1.54) is 11.4 Å². The van der Waals surface area contributed by atoms with Crippen molar-refractivity contribution in [2.45, 2.75) is 41.0 Å². The van der Waals surface area contributed by atoms with Crippen LogP contribution in [0.3, 0.4) is 0 Å². The third kappa shape index (κ3) is 3.06. The molecule has 118 valence electrons. The first-order valence-electron chi connectivity index (χ1n) is 7.95. The van der Waals surface area contributed by atoms with E-state index >= 15 is 0 Å². The van der Waals surface area contributed by atoms with Crippen LogP contribution in [0.4, 0.5) is 0 Å². The maximum absolute atomic E-state index is 11.5. The molecule has 0 atom stereocenters. The molecular formula is C18H26N3O+. The summed E-state index contributed by atoms with van der Waals surface area (Å²) in [5.41, 5.74) is 5.49. The molecule has 0 saturated heterocycles. The molecule has 2 rings (SSSR count). The first-order chi connectivity index (χ1) is 10.5. The molecule has 22 heavy (non-hydrogen) atoms. The highest BCUT2D eigenvalue weighted by molar-refractivity contribution is 5.99. The molecule has 1 amide bonds. The van der Waals surface area contributed by atoms with Crippen molar-refractivity contribution in [2.24, 2.45) is 5.92 Å². The summed E-state index contributed by atoms with van der Waals surface area (Å²) < 4.78 is 2.37. The van der Waals surface area contributed by atoms with E-state index in [0.29, 0.717) is 5.92 Å². The number of hydrogen-bond donors (Lipinski definition) is 2. The largest absolute Gasteiger partial charge is 0.344 e. The van der Waals surface area contributed by atoms with Crippen molar-refractivity contribution in [3.63, 3.8) is 0 Å². The van der Waals surface area contributed by atoms with Crippen LogP contribution in [-0.4, -0.2) is 22.7 Å². The maximum Gasteiger partial charge on any atom is 0.221 e. The van der Waals surface area contributed by atoms with Gasteiger partial charge in [0.15, 0.2) is 0 Å². The number of allylic oxidation sites excluding steroid dienone is 6. The second-order valence-electron chi connectivity index (χ2n) is 5.83. The summed E-state index contributed by atoms with van der Waals surface area (Å²) in [4.78, 5) is 11.5. The highest BCUT2D eigenvalue weighted by Crippen LogP contribution is 2.27. The lowest BCUT2D eigenvalue weighted by Gasteiger charge is -2.27. The summed E-state index contributed by atoms with van der Waals surface area (Å²) in [5.74, 6) is 0.298. The third-order valence-corrected chi connectivity index (χ3v) is 3.89. The molecule has 4 nitrogen and oxygen atoms in total. The molecule has 0 unspecified atom stereocenters. The van der Waals surface area contributed by atoms with Crippen LogP contribution >= 0.6 is 0 Å². The molecule has 2 N–H and O–H groups in total. The lowest BCUT2D eigenvalue weighted by molar-refractivity contribution is -0.483. The predicted octanol–water partition coefficient (Wildman–Crippen LogP) is 2.81. The predicted molar refractivity (Wildman–Crippen MR) is 90.2 cm³/mol. The minimum absolute atomic E-state index is 0.0548. The Morgan fingerprint density at radius 1 is 1.50 bits per heavy atom. The smallest absolute Gasteiger partial charge is 0.221 e. The minimum atomic E-state index is -0.0548. The Kier molecular flexibility index (Phi) is 5.01. The van der Waals surface area contributed by atoms with Crippen LogP contribution in [0, 0.1) is 5.92 Å². The van der Waals surface area contributed by atoms with E-state index in [4.69, 9.17) is 0 Å². The molecule has 0 fully saturated rings. The summed E-state index contributed by atoms with van der Waals surface area (Å²) in [5, 5.41) is 6.48. The zero-order valence-corrected chi connectivity index (χ0v) is 14.2. The number of carbonyl (C=O) groups is 1. The van der Waals surface area contributed by atoms with E-state index in [9.17, 15) is 4.79 Å². The average molecular weight is 300 g/mol. The molecule has 0 aromatic heterocycles. The van der Waals surface area contributed by atoms with E-state index in [0.717, 1.165) is 30.1 Å². The van der Waals surface area contributed by atoms with Gasteiger partial charge in [0.1, 0.15) is 17.9 Å². The Bertz CT molecular complexity index is 631. The summed E-state index contributed by atoms with van der Waals surface area (Å²) in [7, 11) is 0. The molecule has 1 aliphatic carbocycles. The van der Waals surface area contributed by atoms with Crippen molar-refractivity contribution < 1.29 is 9.37 Å². The fraction of sp³-hybridized carbons (Fsp3) is 0.444. The molecule has 0 aromatic carbocycles. The van der Waals surface area contributed by atoms with Crippen LogP contribution < -0.4 is 10.6 Å². The normalized spacial score (nSPS) is 18.3. The van der Waals surface area contributed by atoms with Crippen LogP contribution in [0.25, 0.3) is 0 Å². The van der Waals surface area contributed by atoms with Crippen LogP contribution in [0.1, 0.15) is 41.0 Å². The number of amides is 1. The summed E-state index contributed by atoms with van der Waals surface area (Å²) >= 11 is 0. The Hall–Kier alpha value is -2.10. The molecule has 0 radical (unpaired) electrons. The molecule has 1 heterocycles. The molecule has 0 saturated carbocycles. The fourth-order valence-corrected chi connectivity index (χ4v) is 3.03. The standard InChI is InChI=1S/C18H25N3O/c1-6-14(19-13(5)22)17-18(12(3)4)21(7-2)16-11-9-8-10-15(16)20-17/h6,8-10,12,20H,7,11H2,1-5H3/p+1/b14-6+. The van der Waals surface area contributed by atoms with E-state index in [1.54, 1.807) is 6.92 Å². The van der Waals surface area contributed by atoms with Gasteiger partial charge in [-0.3, -0.25) is 4.79 Å². The van der Waals surface area contributed by atoms with Gasteiger partial charge < -0.3 is 10.6 Å². The summed E-state index contributed by atoms with van der Waals surface area (Å²) in [6, 6.07) is 0. The fourth-order valence-electron chi connectivity index (χ4n) is 3.03. The van der Waals surface area contributed by atoms with Crippen molar-refractivity contribution in [2.75, 3.05) is 6.54 Å². The maximum atomic E-state index is 11.5. The average Bonchev–Trinajstić information content (AvgIpc) is 2.50. The van der Waals surface area contributed by atoms with Gasteiger partial charge >= 0.3 is 0 Å². The SMILES string of the molecule is C/C=C(/NC(C)=O)C1=C(C(C)C)[N+](CC)=C2CC=CC=C2N1. The highest BCUT2D eigenvalue weighted by Gasteiger charge is 2.34. The topological polar surface area (TPSA) is 44.1 Å². The van der Waals surface area contributed by atoms with E-state index < -0.39 is 0 Å². The van der Waals surface area contributed by atoms with Crippen molar-refractivity contribution in [3.8, 4) is 0 Å². The molecule has 2 aliphatic rings. The first-order valence-corrected chi connectivity index (χ1v) is 7.95. The molecule has 0 bridgehead atoms. The number of nitrogens with one attached hydrogen (secondary N) is 2. The van der Waals surface area contributed by atoms with Gasteiger partial charge in [-0.15, -0.1) is 0 Å². The van der Waals surface area contributed by atoms with Crippen LogP contribution in [-0.2, 0) is 4.79 Å². The zero-order chi connectivity index (χ0) is 16.3. The third-order valence-electron chi connectivity index (χ3n) is 3.89. The van der Waals surface area contributed by atoms with Crippen molar-refractivity contribution in [3.05, 3.63) is 47.1 Å². The Balaban J connectivity index is 2.61. The second-order valence-corrected chi connectivity index (χ2v) is 5.83. The van der Waals surface area contributed by atoms with Crippen LogP contribution in [0.2, 0.25) is 0 Å². The van der Waals surface area contributed by atoms with Crippen LogP contribution in [0.15, 0.2) is 47.1 Å². The lowest BCUT2D eigenvalue weighted by atomic mass is 9.98. The van der Waals surface area contributed by atoms with E-state index in [1.807, 2.05) is 13.0 Å². The van der Waals surface area contributed by atoms with Gasteiger partial charge in [0.05, 0.1) is 12.1 Å². The molecule has 0 spiro atoms. The first kappa shape index (κ1) is 16.3. The van der Waals surface area contributed by atoms with Gasteiger partial charge in [-0.2, -0.15) is 4.58 Å². The van der Waals surface area contributed by atoms with E-state index in [2.05, 4.69) is 54.2 Å². The van der Waals surface area contributed by atoms with Crippen molar-refractivity contribution >= 4 is 11.6 Å². The number of carbonyl (C=O) groups excluding carboxylic acids is 1. The Labute approximate surface area is 133 Å². The number of hydrogen-bond acceptors (Lipinski definition) is 2. The molecular weight excluding hydrogens is 274 g/mol. The van der Waals surface area contributed by atoms with Gasteiger partial charge in [0, 0.05) is 12.8 Å². The molecule has 4 heteroatoms. The van der Waals surface area contributed by atoms with Gasteiger partial charge in [-0.05, 0) is 19.9 Å². The Morgan fingerprint density at radius 2 is 2.23 bits per heavy atom. The van der Waals surface area contributed by atoms with Gasteiger partial charge in [-0.1, -0.05) is 32.1 Å². The second kappa shape index (κ2) is 6.77. The number of rotatable bonds is 4. The van der Waals surface area contributed by atoms with Gasteiger partial charge in [0.25, 0.3) is 0 Å². The summed E-state index contributed by atoms with van der Waals surface area (Å²) in [6.07, 6.45) is 9.23. The molecule has 1 aliphatic heterocycles. The van der Waals surface area contributed by atoms with Crippen molar-refractivity contribution in [1.29, 1.82) is 0 Å². The van der Waals surface area contributed by atoms with E-state index in [-0.39, 0.29) is 5.91 Å². The van der Waals surface area contributed by atoms with Crippen LogP contribution in [0.5, 0.6) is 0 Å². The zero-order valence-electron chi connectivity index (χ0n) is 14.2.